The van der Waals surface area contributed by atoms with Gasteiger partial charge in [0, 0.05) is 45.9 Å². The van der Waals surface area contributed by atoms with Gasteiger partial charge in [-0.05, 0) is 43.7 Å². The fraction of sp³-hybridized carbons (Fsp3) is 0.222. The zero-order valence-corrected chi connectivity index (χ0v) is 16.8. The molecule has 0 saturated carbocycles. The fourth-order valence-electron chi connectivity index (χ4n) is 2.57. The van der Waals surface area contributed by atoms with Crippen molar-refractivity contribution >= 4 is 46.6 Å². The Labute approximate surface area is 166 Å². The molecule has 2 heterocycles. The molecule has 130 valence electrons. The minimum Gasteiger partial charge on any atom is -0.263 e. The second-order valence-electron chi connectivity index (χ2n) is 5.54. The van der Waals surface area contributed by atoms with E-state index in [0.717, 1.165) is 33.3 Å². The number of halogens is 3. The molecule has 0 radical (unpaired) electrons. The van der Waals surface area contributed by atoms with Crippen molar-refractivity contribution in [1.82, 2.24) is 14.8 Å². The van der Waals surface area contributed by atoms with E-state index in [1.807, 2.05) is 29.8 Å². The molecule has 7 heteroatoms. The van der Waals surface area contributed by atoms with Gasteiger partial charge in [-0.25, -0.2) is 0 Å². The third-order valence-electron chi connectivity index (χ3n) is 3.77. The van der Waals surface area contributed by atoms with Gasteiger partial charge in [-0.15, -0.1) is 0 Å². The summed E-state index contributed by atoms with van der Waals surface area (Å²) >= 11 is 20.2. The minimum atomic E-state index is 0.619. The minimum absolute atomic E-state index is 0.619. The smallest absolute Gasteiger partial charge is 0.103 e. The first kappa shape index (κ1) is 18.6. The second-order valence-corrected chi connectivity index (χ2v) is 7.88. The highest BCUT2D eigenvalue weighted by molar-refractivity contribution is 7.99. The molecule has 0 aliphatic rings. The van der Waals surface area contributed by atoms with Gasteiger partial charge in [0.05, 0.1) is 10.7 Å². The molecule has 0 fully saturated rings. The van der Waals surface area contributed by atoms with Crippen molar-refractivity contribution in [2.24, 2.45) is 0 Å². The van der Waals surface area contributed by atoms with E-state index in [2.05, 4.69) is 17.0 Å². The molecular formula is C18H16Cl3N3S. The highest BCUT2D eigenvalue weighted by atomic mass is 35.5. The normalized spacial score (nSPS) is 11.1. The largest absolute Gasteiger partial charge is 0.263 e. The number of nitrogens with zero attached hydrogens (tertiary/aromatic N) is 3. The highest BCUT2D eigenvalue weighted by Crippen LogP contribution is 2.36. The molecule has 3 aromatic rings. The van der Waals surface area contributed by atoms with E-state index in [0.29, 0.717) is 21.5 Å². The summed E-state index contributed by atoms with van der Waals surface area (Å²) in [6, 6.07) is 7.48. The van der Waals surface area contributed by atoms with Crippen LogP contribution in [-0.2, 0) is 13.0 Å². The van der Waals surface area contributed by atoms with Crippen LogP contribution >= 0.6 is 46.6 Å². The van der Waals surface area contributed by atoms with Crippen LogP contribution in [0.15, 0.2) is 46.6 Å². The summed E-state index contributed by atoms with van der Waals surface area (Å²) in [5, 5.41) is 7.64. The van der Waals surface area contributed by atoms with E-state index in [-0.39, 0.29) is 0 Å². The molecule has 0 spiro atoms. The van der Waals surface area contributed by atoms with E-state index >= 15 is 0 Å². The van der Waals surface area contributed by atoms with Gasteiger partial charge in [0.1, 0.15) is 5.03 Å². The number of benzene rings is 1. The Kier molecular flexibility index (Phi) is 5.95. The molecule has 3 rings (SSSR count). The number of hydrogen-bond donors (Lipinski definition) is 0. The summed E-state index contributed by atoms with van der Waals surface area (Å²) in [6.45, 7) is 4.87. The average molecular weight is 413 g/mol. The van der Waals surface area contributed by atoms with Crippen LogP contribution in [0.25, 0.3) is 0 Å². The van der Waals surface area contributed by atoms with Crippen LogP contribution in [0.1, 0.15) is 23.7 Å². The Bertz CT molecular complexity index is 888. The van der Waals surface area contributed by atoms with Gasteiger partial charge >= 0.3 is 0 Å². The first-order valence-corrected chi connectivity index (χ1v) is 9.71. The summed E-state index contributed by atoms with van der Waals surface area (Å²) in [6.07, 6.45) is 4.12. The van der Waals surface area contributed by atoms with Crippen LogP contribution in [0.2, 0.25) is 15.1 Å². The monoisotopic (exact) mass is 411 g/mol. The lowest BCUT2D eigenvalue weighted by Gasteiger charge is -2.10. The lowest BCUT2D eigenvalue weighted by molar-refractivity contribution is 0.599. The number of pyridine rings is 1. The summed E-state index contributed by atoms with van der Waals surface area (Å²) in [7, 11) is 0. The topological polar surface area (TPSA) is 30.7 Å². The molecule has 0 amide bonds. The van der Waals surface area contributed by atoms with Crippen LogP contribution in [0.4, 0.5) is 0 Å². The van der Waals surface area contributed by atoms with Crippen molar-refractivity contribution in [1.29, 1.82) is 0 Å². The molecular weight excluding hydrogens is 397 g/mol. The summed E-state index contributed by atoms with van der Waals surface area (Å²) < 4.78 is 2.00. The van der Waals surface area contributed by atoms with Crippen LogP contribution in [0.5, 0.6) is 0 Å². The van der Waals surface area contributed by atoms with Gasteiger partial charge in [-0.1, -0.05) is 46.6 Å². The molecule has 3 nitrogen and oxygen atoms in total. The highest BCUT2D eigenvalue weighted by Gasteiger charge is 2.17. The molecule has 25 heavy (non-hydrogen) atoms. The maximum atomic E-state index is 6.29. The van der Waals surface area contributed by atoms with Crippen molar-refractivity contribution < 1.29 is 0 Å². The van der Waals surface area contributed by atoms with E-state index in [4.69, 9.17) is 34.8 Å². The SMILES string of the molecule is CCn1nc(C)c(Cc2ccncc2Cl)c1Sc1cc(Cl)cc(Cl)c1. The van der Waals surface area contributed by atoms with Crippen LogP contribution in [0, 0.1) is 6.92 Å². The first-order chi connectivity index (χ1) is 12.0. The van der Waals surface area contributed by atoms with Gasteiger partial charge in [0.15, 0.2) is 0 Å². The second kappa shape index (κ2) is 8.00. The third kappa shape index (κ3) is 4.32. The summed E-state index contributed by atoms with van der Waals surface area (Å²) in [4.78, 5) is 5.03. The molecule has 0 atom stereocenters. The Balaban J connectivity index is 2.01. The van der Waals surface area contributed by atoms with Crippen LogP contribution < -0.4 is 0 Å². The Hall–Kier alpha value is -1.20. The maximum Gasteiger partial charge on any atom is 0.103 e. The number of aryl methyl sites for hydroxylation is 2. The van der Waals surface area contributed by atoms with Gasteiger partial charge in [-0.3, -0.25) is 9.67 Å². The predicted molar refractivity (Wildman–Crippen MR) is 105 cm³/mol. The van der Waals surface area contributed by atoms with E-state index in [1.165, 1.54) is 0 Å². The van der Waals surface area contributed by atoms with Gasteiger partial charge in [0.2, 0.25) is 0 Å². The fourth-order valence-corrected chi connectivity index (χ4v) is 4.62. The standard InChI is InChI=1S/C18H16Cl3N3S/c1-3-24-18(25-15-8-13(19)7-14(20)9-15)16(11(2)23-24)6-12-4-5-22-10-17(12)21/h4-5,7-10H,3,6H2,1-2H3. The van der Waals surface area contributed by atoms with E-state index < -0.39 is 0 Å². The molecule has 2 aromatic heterocycles. The van der Waals surface area contributed by atoms with Gasteiger partial charge < -0.3 is 0 Å². The number of hydrogen-bond acceptors (Lipinski definition) is 3. The van der Waals surface area contributed by atoms with Crippen molar-refractivity contribution in [2.75, 3.05) is 0 Å². The zero-order valence-electron chi connectivity index (χ0n) is 13.8. The average Bonchev–Trinajstić information content (AvgIpc) is 2.84. The predicted octanol–water partition coefficient (Wildman–Crippen LogP) is 6.31. The molecule has 0 aliphatic heterocycles. The van der Waals surface area contributed by atoms with Crippen LogP contribution in [-0.4, -0.2) is 14.8 Å². The molecule has 0 bridgehead atoms. The molecule has 0 unspecified atom stereocenters. The maximum absolute atomic E-state index is 6.29. The van der Waals surface area contributed by atoms with Gasteiger partial charge in [-0.2, -0.15) is 5.10 Å². The zero-order chi connectivity index (χ0) is 18.0. The Morgan fingerprint density at radius 3 is 2.48 bits per heavy atom. The quantitative estimate of drug-likeness (QED) is 0.492. The molecule has 0 N–H and O–H groups in total. The molecule has 1 aromatic carbocycles. The lowest BCUT2D eigenvalue weighted by Crippen LogP contribution is -1.99. The summed E-state index contributed by atoms with van der Waals surface area (Å²) in [5.74, 6) is 0. The van der Waals surface area contributed by atoms with Crippen LogP contribution in [0.3, 0.4) is 0 Å². The Morgan fingerprint density at radius 1 is 1.12 bits per heavy atom. The lowest BCUT2D eigenvalue weighted by atomic mass is 10.1. The Morgan fingerprint density at radius 2 is 1.84 bits per heavy atom. The van der Waals surface area contributed by atoms with Crippen molar-refractivity contribution in [3.63, 3.8) is 0 Å². The van der Waals surface area contributed by atoms with Crippen molar-refractivity contribution in [2.45, 2.75) is 36.7 Å². The summed E-state index contributed by atoms with van der Waals surface area (Å²) in [5.41, 5.74) is 3.17. The number of aromatic nitrogens is 3. The third-order valence-corrected chi connectivity index (χ3v) is 5.67. The number of rotatable bonds is 5. The van der Waals surface area contributed by atoms with Gasteiger partial charge in [0.25, 0.3) is 0 Å². The van der Waals surface area contributed by atoms with E-state index in [1.54, 1.807) is 30.2 Å². The molecule has 0 aliphatic carbocycles. The van der Waals surface area contributed by atoms with E-state index in [9.17, 15) is 0 Å². The molecule has 0 saturated heterocycles. The van der Waals surface area contributed by atoms with Crippen molar-refractivity contribution in [3.8, 4) is 0 Å². The first-order valence-electron chi connectivity index (χ1n) is 7.76. The van der Waals surface area contributed by atoms with Crippen molar-refractivity contribution in [3.05, 3.63) is 68.5 Å².